The fourth-order valence-electron chi connectivity index (χ4n) is 2.71. The lowest BCUT2D eigenvalue weighted by atomic mass is 10.2. The van der Waals surface area contributed by atoms with E-state index in [4.69, 9.17) is 4.74 Å². The van der Waals surface area contributed by atoms with Gasteiger partial charge in [0.25, 0.3) is 5.91 Å². The Kier molecular flexibility index (Phi) is 7.77. The summed E-state index contributed by atoms with van der Waals surface area (Å²) in [4.78, 5) is 26.7. The van der Waals surface area contributed by atoms with Crippen molar-refractivity contribution in [3.8, 4) is 5.75 Å². The quantitative estimate of drug-likeness (QED) is 0.649. The minimum Gasteiger partial charge on any atom is -0.495 e. The van der Waals surface area contributed by atoms with Crippen LogP contribution in [0.25, 0.3) is 0 Å². The molecule has 0 aliphatic heterocycles. The summed E-state index contributed by atoms with van der Waals surface area (Å²) < 4.78 is 5.24. The highest BCUT2D eigenvalue weighted by atomic mass is 16.5. The number of rotatable bonds is 9. The normalized spacial score (nSPS) is 10.4. The number of hydrogen-bond acceptors (Lipinski definition) is 4. The monoisotopic (exact) mass is 381 g/mol. The molecule has 6 heteroatoms. The van der Waals surface area contributed by atoms with E-state index in [2.05, 4.69) is 17.2 Å². The van der Waals surface area contributed by atoms with E-state index < -0.39 is 0 Å². The van der Waals surface area contributed by atoms with Crippen molar-refractivity contribution in [2.75, 3.05) is 37.4 Å². The van der Waals surface area contributed by atoms with Gasteiger partial charge in [0, 0.05) is 17.8 Å². The first-order valence-corrected chi connectivity index (χ1v) is 9.14. The van der Waals surface area contributed by atoms with E-state index in [1.807, 2.05) is 30.9 Å². The first kappa shape index (κ1) is 21.2. The molecule has 0 heterocycles. The van der Waals surface area contributed by atoms with Gasteiger partial charge in [0.2, 0.25) is 5.91 Å². The molecule has 148 valence electrons. The van der Waals surface area contributed by atoms with Crippen LogP contribution in [0.15, 0.2) is 60.7 Å². The summed E-state index contributed by atoms with van der Waals surface area (Å²) in [5.41, 5.74) is 2.75. The summed E-state index contributed by atoms with van der Waals surface area (Å²) >= 11 is 0. The number of benzene rings is 2. The molecule has 28 heavy (non-hydrogen) atoms. The Labute approximate surface area is 166 Å². The maximum Gasteiger partial charge on any atom is 0.255 e. The number of nitrogens with one attached hydrogen (secondary N) is 2. The number of carbonyl (C=O) groups is 2. The molecular formula is C22H27N3O3. The van der Waals surface area contributed by atoms with Crippen LogP contribution < -0.4 is 15.4 Å². The number of hydrogen-bond donors (Lipinski definition) is 2. The van der Waals surface area contributed by atoms with E-state index in [-0.39, 0.29) is 11.8 Å². The number of methoxy groups -OCH3 is 1. The lowest BCUT2D eigenvalue weighted by Crippen LogP contribution is -2.34. The van der Waals surface area contributed by atoms with Gasteiger partial charge in [-0.15, -0.1) is 0 Å². The largest absolute Gasteiger partial charge is 0.495 e. The molecule has 2 aromatic carbocycles. The zero-order valence-electron chi connectivity index (χ0n) is 16.6. The zero-order valence-corrected chi connectivity index (χ0v) is 16.6. The van der Waals surface area contributed by atoms with Crippen LogP contribution in [0.4, 0.5) is 11.4 Å². The number of para-hydroxylation sites is 2. The lowest BCUT2D eigenvalue weighted by molar-refractivity contribution is -0.117. The first-order chi connectivity index (χ1) is 13.4. The second kappa shape index (κ2) is 10.3. The topological polar surface area (TPSA) is 70.7 Å². The smallest absolute Gasteiger partial charge is 0.255 e. The van der Waals surface area contributed by atoms with Crippen molar-refractivity contribution in [3.63, 3.8) is 0 Å². The molecule has 2 amide bonds. The average molecular weight is 381 g/mol. The Bertz CT molecular complexity index is 831. The molecule has 0 spiro atoms. The molecule has 0 fully saturated rings. The van der Waals surface area contributed by atoms with E-state index in [0.717, 1.165) is 12.1 Å². The Morgan fingerprint density at radius 1 is 1.04 bits per heavy atom. The zero-order chi connectivity index (χ0) is 20.5. The minimum atomic E-state index is -0.249. The van der Waals surface area contributed by atoms with Crippen LogP contribution in [0.2, 0.25) is 0 Å². The van der Waals surface area contributed by atoms with Crippen LogP contribution in [0.1, 0.15) is 24.2 Å². The van der Waals surface area contributed by atoms with Crippen LogP contribution in [0.3, 0.4) is 0 Å². The number of likely N-dealkylation sites (N-methyl/N-ethyl adjacent to an activating group) is 1. The van der Waals surface area contributed by atoms with E-state index in [1.165, 1.54) is 0 Å². The van der Waals surface area contributed by atoms with E-state index in [1.54, 1.807) is 43.5 Å². The molecule has 0 aliphatic carbocycles. The summed E-state index contributed by atoms with van der Waals surface area (Å²) in [5.74, 6) is 0.241. The van der Waals surface area contributed by atoms with Gasteiger partial charge in [0.05, 0.1) is 19.3 Å². The van der Waals surface area contributed by atoms with Gasteiger partial charge in [0.1, 0.15) is 5.75 Å². The molecule has 0 atom stereocenters. The predicted molar refractivity (Wildman–Crippen MR) is 113 cm³/mol. The second-order valence-electron chi connectivity index (χ2n) is 6.54. The van der Waals surface area contributed by atoms with Crippen molar-refractivity contribution in [1.29, 1.82) is 0 Å². The Morgan fingerprint density at radius 3 is 2.32 bits per heavy atom. The number of nitrogens with zero attached hydrogens (tertiary/aromatic N) is 1. The molecule has 0 aromatic heterocycles. The molecule has 0 unspecified atom stereocenters. The molecular weight excluding hydrogens is 354 g/mol. The number of amides is 2. The van der Waals surface area contributed by atoms with E-state index >= 15 is 0 Å². The molecule has 2 aromatic rings. The summed E-state index contributed by atoms with van der Waals surface area (Å²) in [7, 11) is 1.55. The minimum absolute atomic E-state index is 0.102. The fourth-order valence-corrected chi connectivity index (χ4v) is 2.71. The molecule has 0 bridgehead atoms. The van der Waals surface area contributed by atoms with Crippen LogP contribution in [-0.4, -0.2) is 43.5 Å². The molecule has 0 radical (unpaired) electrons. The predicted octanol–water partition coefficient (Wildman–Crippen LogP) is 3.78. The van der Waals surface area contributed by atoms with Crippen molar-refractivity contribution in [2.45, 2.75) is 13.8 Å². The molecule has 0 saturated heterocycles. The maximum atomic E-state index is 12.4. The highest BCUT2D eigenvalue weighted by molar-refractivity contribution is 6.05. The van der Waals surface area contributed by atoms with Gasteiger partial charge in [-0.25, -0.2) is 0 Å². The standard InChI is InChI=1S/C22H27N3O3/c1-5-25(14-16(2)3)15-21(26)23-18-12-10-17(11-13-18)22(27)24-19-8-6-7-9-20(19)28-4/h6-13H,2,5,14-15H2,1,3-4H3,(H,23,26)(H,24,27). The average Bonchev–Trinajstić information content (AvgIpc) is 2.68. The van der Waals surface area contributed by atoms with Crippen LogP contribution >= 0.6 is 0 Å². The third kappa shape index (κ3) is 6.25. The van der Waals surface area contributed by atoms with Gasteiger partial charge in [-0.05, 0) is 49.9 Å². The van der Waals surface area contributed by atoms with Crippen LogP contribution in [0, 0.1) is 0 Å². The molecule has 2 rings (SSSR count). The summed E-state index contributed by atoms with van der Waals surface area (Å²) in [5, 5.41) is 5.68. The van der Waals surface area contributed by atoms with Crippen LogP contribution in [0.5, 0.6) is 5.75 Å². The summed E-state index contributed by atoms with van der Waals surface area (Å²) in [6.45, 7) is 9.57. The Balaban J connectivity index is 1.96. The fraction of sp³-hybridized carbons (Fsp3) is 0.273. The van der Waals surface area contributed by atoms with Crippen molar-refractivity contribution in [1.82, 2.24) is 4.90 Å². The first-order valence-electron chi connectivity index (χ1n) is 9.14. The van der Waals surface area contributed by atoms with Gasteiger partial charge >= 0.3 is 0 Å². The number of anilines is 2. The van der Waals surface area contributed by atoms with Crippen molar-refractivity contribution in [3.05, 3.63) is 66.2 Å². The van der Waals surface area contributed by atoms with Crippen molar-refractivity contribution in [2.24, 2.45) is 0 Å². The highest BCUT2D eigenvalue weighted by Gasteiger charge is 2.11. The van der Waals surface area contributed by atoms with Gasteiger partial charge in [-0.1, -0.05) is 31.2 Å². The van der Waals surface area contributed by atoms with Gasteiger partial charge in [-0.2, -0.15) is 0 Å². The lowest BCUT2D eigenvalue weighted by Gasteiger charge is -2.19. The molecule has 2 N–H and O–H groups in total. The van der Waals surface area contributed by atoms with Crippen LogP contribution in [-0.2, 0) is 4.79 Å². The van der Waals surface area contributed by atoms with Gasteiger partial charge in [-0.3, -0.25) is 14.5 Å². The highest BCUT2D eigenvalue weighted by Crippen LogP contribution is 2.23. The van der Waals surface area contributed by atoms with Gasteiger partial charge in [0.15, 0.2) is 0 Å². The number of carbonyl (C=O) groups excluding carboxylic acids is 2. The molecule has 0 saturated carbocycles. The molecule has 6 nitrogen and oxygen atoms in total. The van der Waals surface area contributed by atoms with Crippen molar-refractivity contribution < 1.29 is 14.3 Å². The second-order valence-corrected chi connectivity index (χ2v) is 6.54. The molecule has 0 aliphatic rings. The number of ether oxygens (including phenoxy) is 1. The van der Waals surface area contributed by atoms with Crippen molar-refractivity contribution >= 4 is 23.2 Å². The summed E-state index contributed by atoms with van der Waals surface area (Å²) in [6.07, 6.45) is 0. The third-order valence-corrected chi connectivity index (χ3v) is 4.09. The van der Waals surface area contributed by atoms with Gasteiger partial charge < -0.3 is 15.4 Å². The van der Waals surface area contributed by atoms with E-state index in [0.29, 0.717) is 35.8 Å². The third-order valence-electron chi connectivity index (χ3n) is 4.09. The summed E-state index contributed by atoms with van der Waals surface area (Å²) in [6, 6.07) is 14.0. The SMILES string of the molecule is C=C(C)CN(CC)CC(=O)Nc1ccc(C(=O)Nc2ccccc2OC)cc1. The Morgan fingerprint density at radius 2 is 1.71 bits per heavy atom. The maximum absolute atomic E-state index is 12.4. The van der Waals surface area contributed by atoms with E-state index in [9.17, 15) is 9.59 Å². The Hall–Kier alpha value is -3.12.